The molecular weight excluding hydrogens is 260 g/mol. The van der Waals surface area contributed by atoms with E-state index in [1.54, 1.807) is 20.8 Å². The van der Waals surface area contributed by atoms with Gasteiger partial charge in [-0.15, -0.1) is 0 Å². The Balaban J connectivity index is 4.44. The largest absolute Gasteiger partial charge is 0.462 e. The van der Waals surface area contributed by atoms with E-state index in [1.165, 1.54) is 12.2 Å². The number of aliphatic hydroxyl groups is 1. The third kappa shape index (κ3) is 7.74. The zero-order chi connectivity index (χ0) is 15.5. The number of carbonyl (C=O) groups excluding carboxylic acids is 2. The Labute approximate surface area is 120 Å². The molecule has 114 valence electrons. The summed E-state index contributed by atoms with van der Waals surface area (Å²) in [5.74, 6) is -1.01. The summed E-state index contributed by atoms with van der Waals surface area (Å²) < 4.78 is 9.76. The van der Waals surface area contributed by atoms with E-state index in [0.717, 1.165) is 12.8 Å². The average Bonchev–Trinajstić information content (AvgIpc) is 2.43. The molecule has 5 heteroatoms. The maximum Gasteiger partial charge on any atom is 0.336 e. The summed E-state index contributed by atoms with van der Waals surface area (Å²) in [6.07, 6.45) is 3.99. The van der Waals surface area contributed by atoms with E-state index in [9.17, 15) is 14.7 Å². The van der Waals surface area contributed by atoms with Crippen LogP contribution in [0.4, 0.5) is 0 Å². The smallest absolute Gasteiger partial charge is 0.336 e. The second-order valence-corrected chi connectivity index (χ2v) is 4.46. The van der Waals surface area contributed by atoms with Gasteiger partial charge in [-0.05, 0) is 20.3 Å². The first-order chi connectivity index (χ1) is 9.42. The number of esters is 2. The highest BCUT2D eigenvalue weighted by molar-refractivity contribution is 5.90. The van der Waals surface area contributed by atoms with Crippen molar-refractivity contribution in [2.75, 3.05) is 6.61 Å². The monoisotopic (exact) mass is 284 g/mol. The number of allylic oxidation sites excluding steroid dienone is 2. The Morgan fingerprint density at radius 1 is 1.10 bits per heavy atom. The fraction of sp³-hybridized carbons (Fsp3) is 0.600. The van der Waals surface area contributed by atoms with E-state index in [0.29, 0.717) is 24.2 Å². The molecule has 5 nitrogen and oxygen atoms in total. The second-order valence-electron chi connectivity index (χ2n) is 4.46. The van der Waals surface area contributed by atoms with Gasteiger partial charge in [0.1, 0.15) is 0 Å². The minimum Gasteiger partial charge on any atom is -0.462 e. The van der Waals surface area contributed by atoms with Crippen LogP contribution in [0, 0.1) is 0 Å². The molecule has 1 N–H and O–H groups in total. The summed E-state index contributed by atoms with van der Waals surface area (Å²) in [7, 11) is 0. The number of ether oxygens (including phenoxy) is 2. The van der Waals surface area contributed by atoms with Crippen molar-refractivity contribution in [2.45, 2.75) is 53.2 Å². The molecule has 0 aliphatic rings. The molecule has 20 heavy (non-hydrogen) atoms. The maximum absolute atomic E-state index is 11.5. The summed E-state index contributed by atoms with van der Waals surface area (Å²) in [5, 5.41) is 9.20. The number of hydrogen-bond acceptors (Lipinski definition) is 5. The maximum atomic E-state index is 11.5. The third-order valence-corrected chi connectivity index (χ3v) is 2.55. The van der Waals surface area contributed by atoms with Gasteiger partial charge in [0, 0.05) is 17.6 Å². The SMILES string of the molecule is CCCCOC(=O)/C(C)=C/C=C(\C)C(=O)OC(O)CC. The molecule has 0 heterocycles. The van der Waals surface area contributed by atoms with E-state index >= 15 is 0 Å². The highest BCUT2D eigenvalue weighted by Crippen LogP contribution is 2.05. The Morgan fingerprint density at radius 3 is 2.15 bits per heavy atom. The van der Waals surface area contributed by atoms with Crippen LogP contribution in [0.15, 0.2) is 23.3 Å². The normalized spacial score (nSPS) is 13.8. The van der Waals surface area contributed by atoms with Crippen molar-refractivity contribution in [2.24, 2.45) is 0 Å². The van der Waals surface area contributed by atoms with Gasteiger partial charge in [-0.3, -0.25) is 0 Å². The zero-order valence-corrected chi connectivity index (χ0v) is 12.6. The lowest BCUT2D eigenvalue weighted by molar-refractivity contribution is -0.163. The van der Waals surface area contributed by atoms with Crippen LogP contribution in [0.1, 0.15) is 47.0 Å². The highest BCUT2D eigenvalue weighted by atomic mass is 16.6. The molecule has 1 atom stereocenters. The average molecular weight is 284 g/mol. The van der Waals surface area contributed by atoms with Crippen LogP contribution >= 0.6 is 0 Å². The van der Waals surface area contributed by atoms with Crippen LogP contribution in [0.3, 0.4) is 0 Å². The summed E-state index contributed by atoms with van der Waals surface area (Å²) >= 11 is 0. The fourth-order valence-corrected chi connectivity index (χ4v) is 1.11. The molecule has 0 bridgehead atoms. The molecule has 0 aliphatic carbocycles. The minimum atomic E-state index is -1.10. The summed E-state index contributed by atoms with van der Waals surface area (Å²) in [6, 6.07) is 0. The van der Waals surface area contributed by atoms with Gasteiger partial charge in [-0.2, -0.15) is 0 Å². The Bertz CT molecular complexity index is 382. The quantitative estimate of drug-likeness (QED) is 0.244. The molecule has 0 rings (SSSR count). The van der Waals surface area contributed by atoms with Crippen molar-refractivity contribution in [1.82, 2.24) is 0 Å². The molecule has 0 fully saturated rings. The predicted octanol–water partition coefficient (Wildman–Crippen LogP) is 2.49. The van der Waals surface area contributed by atoms with E-state index in [-0.39, 0.29) is 0 Å². The summed E-state index contributed by atoms with van der Waals surface area (Å²) in [6.45, 7) is 7.28. The number of unbranched alkanes of at least 4 members (excludes halogenated alkanes) is 1. The van der Waals surface area contributed by atoms with Gasteiger partial charge in [-0.1, -0.05) is 32.4 Å². The first-order valence-corrected chi connectivity index (χ1v) is 6.83. The van der Waals surface area contributed by atoms with E-state index in [1.807, 2.05) is 6.92 Å². The molecule has 0 radical (unpaired) electrons. The van der Waals surface area contributed by atoms with Crippen molar-refractivity contribution in [3.05, 3.63) is 23.3 Å². The van der Waals surface area contributed by atoms with Gasteiger partial charge in [-0.25, -0.2) is 9.59 Å². The molecule has 0 amide bonds. The molecule has 0 aromatic carbocycles. The topological polar surface area (TPSA) is 72.8 Å². The molecule has 1 unspecified atom stereocenters. The van der Waals surface area contributed by atoms with Crippen molar-refractivity contribution in [3.63, 3.8) is 0 Å². The van der Waals surface area contributed by atoms with Gasteiger partial charge in [0.25, 0.3) is 0 Å². The predicted molar refractivity (Wildman–Crippen MR) is 75.8 cm³/mol. The number of hydrogen-bond donors (Lipinski definition) is 1. The van der Waals surface area contributed by atoms with Crippen LogP contribution in [0.2, 0.25) is 0 Å². The Morgan fingerprint density at radius 2 is 1.65 bits per heavy atom. The first kappa shape index (κ1) is 18.4. The summed E-state index contributed by atoms with van der Waals surface area (Å²) in [4.78, 5) is 23.1. The van der Waals surface area contributed by atoms with E-state index in [4.69, 9.17) is 9.47 Å². The van der Waals surface area contributed by atoms with Crippen LogP contribution in [-0.2, 0) is 19.1 Å². The van der Waals surface area contributed by atoms with Gasteiger partial charge in [0.2, 0.25) is 6.29 Å². The highest BCUT2D eigenvalue weighted by Gasteiger charge is 2.10. The lowest BCUT2D eigenvalue weighted by Crippen LogP contribution is -2.17. The molecule has 0 aromatic rings. The first-order valence-electron chi connectivity index (χ1n) is 6.83. The van der Waals surface area contributed by atoms with Gasteiger partial charge in [0.05, 0.1) is 6.61 Å². The molecule has 0 saturated heterocycles. The third-order valence-electron chi connectivity index (χ3n) is 2.55. The molecule has 0 saturated carbocycles. The standard InChI is InChI=1S/C15H24O5/c1-5-7-10-19-14(17)11(3)8-9-12(4)15(18)20-13(16)6-2/h8-9,13,16H,5-7,10H2,1-4H3/b11-8+,12-9+. The van der Waals surface area contributed by atoms with Crippen LogP contribution < -0.4 is 0 Å². The lowest BCUT2D eigenvalue weighted by Gasteiger charge is -2.09. The van der Waals surface area contributed by atoms with Crippen LogP contribution in [-0.4, -0.2) is 29.9 Å². The summed E-state index contributed by atoms with van der Waals surface area (Å²) in [5.41, 5.74) is 0.711. The zero-order valence-electron chi connectivity index (χ0n) is 12.6. The molecule has 0 spiro atoms. The van der Waals surface area contributed by atoms with Crippen LogP contribution in [0.25, 0.3) is 0 Å². The van der Waals surface area contributed by atoms with Crippen LogP contribution in [0.5, 0.6) is 0 Å². The second kappa shape index (κ2) is 10.2. The van der Waals surface area contributed by atoms with Crippen molar-refractivity contribution >= 4 is 11.9 Å². The lowest BCUT2D eigenvalue weighted by atomic mass is 10.2. The van der Waals surface area contributed by atoms with Gasteiger partial charge < -0.3 is 14.6 Å². The van der Waals surface area contributed by atoms with E-state index in [2.05, 4.69) is 0 Å². The Kier molecular flexibility index (Phi) is 9.38. The number of aliphatic hydroxyl groups excluding tert-OH is 1. The van der Waals surface area contributed by atoms with Crippen molar-refractivity contribution < 1.29 is 24.2 Å². The van der Waals surface area contributed by atoms with E-state index < -0.39 is 18.2 Å². The minimum absolute atomic E-state index is 0.304. The van der Waals surface area contributed by atoms with Crippen molar-refractivity contribution in [3.8, 4) is 0 Å². The molecular formula is C15H24O5. The number of carbonyl (C=O) groups is 2. The fourth-order valence-electron chi connectivity index (χ4n) is 1.11. The molecule has 0 aliphatic heterocycles. The Hall–Kier alpha value is -1.62. The van der Waals surface area contributed by atoms with Gasteiger partial charge >= 0.3 is 11.9 Å². The number of rotatable bonds is 8. The molecule has 0 aromatic heterocycles. The van der Waals surface area contributed by atoms with Crippen molar-refractivity contribution in [1.29, 1.82) is 0 Å². The van der Waals surface area contributed by atoms with Gasteiger partial charge in [0.15, 0.2) is 0 Å².